The summed E-state index contributed by atoms with van der Waals surface area (Å²) >= 11 is 1.04. The Morgan fingerprint density at radius 1 is 1.25 bits per heavy atom. The van der Waals surface area contributed by atoms with Gasteiger partial charge in [0.25, 0.3) is 5.69 Å². The molecule has 8 nitrogen and oxygen atoms in total. The molecule has 0 saturated heterocycles. The summed E-state index contributed by atoms with van der Waals surface area (Å²) in [5.41, 5.74) is 7.44. The Kier molecular flexibility index (Phi) is 7.53. The molecule has 0 spiro atoms. The van der Waals surface area contributed by atoms with Crippen LogP contribution < -0.4 is 11.1 Å². The molecular formula is C19H21N3O5S. The summed E-state index contributed by atoms with van der Waals surface area (Å²) in [6.07, 6.45) is 0.700. The molecule has 0 saturated carbocycles. The van der Waals surface area contributed by atoms with E-state index in [0.29, 0.717) is 13.0 Å². The van der Waals surface area contributed by atoms with Crippen LogP contribution in [0.15, 0.2) is 47.4 Å². The Bertz CT molecular complexity index is 870. The fourth-order valence-corrected chi connectivity index (χ4v) is 3.62. The quantitative estimate of drug-likeness (QED) is 0.315. The van der Waals surface area contributed by atoms with Gasteiger partial charge in [0.05, 0.1) is 16.5 Å². The minimum absolute atomic E-state index is 0.0570. The number of carboxylic acid groups (broad SMARTS) is 1. The smallest absolute Gasteiger partial charge is 0.336 e. The minimum atomic E-state index is -1.19. The Balaban J connectivity index is 2.01. The number of hydrogen-bond acceptors (Lipinski definition) is 6. The monoisotopic (exact) mass is 403 g/mol. The number of nitrogens with two attached hydrogens (primary N) is 1. The predicted molar refractivity (Wildman–Crippen MR) is 107 cm³/mol. The number of non-ortho nitro benzene ring substituents is 1. The molecule has 2 aromatic rings. The number of nitro groups is 1. The van der Waals surface area contributed by atoms with Gasteiger partial charge in [-0.3, -0.25) is 14.9 Å². The van der Waals surface area contributed by atoms with Crippen LogP contribution in [0.3, 0.4) is 0 Å². The van der Waals surface area contributed by atoms with Crippen molar-refractivity contribution in [2.45, 2.75) is 24.3 Å². The molecule has 4 N–H and O–H groups in total. The van der Waals surface area contributed by atoms with Crippen LogP contribution in [0.2, 0.25) is 0 Å². The van der Waals surface area contributed by atoms with Crippen molar-refractivity contribution in [2.24, 2.45) is 5.73 Å². The van der Waals surface area contributed by atoms with Crippen molar-refractivity contribution in [3.05, 3.63) is 69.3 Å². The molecule has 0 aliphatic heterocycles. The topological polar surface area (TPSA) is 136 Å². The standard InChI is InChI=1S/C19H21N3O5S/c1-12-2-4-13(5-3-12)8-9-21-16(18(20)23)11-28-17-10-14(22(26)27)6-7-15(17)19(24)25/h2-7,10,16,21H,8-9,11H2,1H3,(H2,20,23)(H,24,25)/t16-/m0/s1. The highest BCUT2D eigenvalue weighted by Crippen LogP contribution is 2.28. The van der Waals surface area contributed by atoms with Gasteiger partial charge >= 0.3 is 5.97 Å². The molecule has 28 heavy (non-hydrogen) atoms. The molecule has 0 unspecified atom stereocenters. The van der Waals surface area contributed by atoms with Crippen LogP contribution in [0.1, 0.15) is 21.5 Å². The average molecular weight is 403 g/mol. The van der Waals surface area contributed by atoms with Crippen molar-refractivity contribution in [1.29, 1.82) is 0 Å². The Morgan fingerprint density at radius 3 is 2.50 bits per heavy atom. The molecule has 0 aliphatic rings. The summed E-state index contributed by atoms with van der Waals surface area (Å²) in [5, 5.41) is 23.3. The van der Waals surface area contributed by atoms with Gasteiger partial charge in [-0.05, 0) is 31.5 Å². The highest BCUT2D eigenvalue weighted by molar-refractivity contribution is 7.99. The van der Waals surface area contributed by atoms with Crippen LogP contribution in [0.25, 0.3) is 0 Å². The number of thioether (sulfide) groups is 1. The summed E-state index contributed by atoms with van der Waals surface area (Å²) in [5.74, 6) is -1.61. The first kappa shape index (κ1) is 21.4. The van der Waals surface area contributed by atoms with E-state index in [-0.39, 0.29) is 21.9 Å². The van der Waals surface area contributed by atoms with Gasteiger partial charge in [-0.25, -0.2) is 4.79 Å². The molecule has 1 amide bonds. The Labute approximate surface area is 166 Å². The van der Waals surface area contributed by atoms with Gasteiger partial charge in [0.1, 0.15) is 0 Å². The fourth-order valence-electron chi connectivity index (χ4n) is 2.48. The highest BCUT2D eigenvalue weighted by atomic mass is 32.2. The molecule has 1 atom stereocenters. The van der Waals surface area contributed by atoms with E-state index >= 15 is 0 Å². The number of primary amides is 1. The maximum absolute atomic E-state index is 11.7. The lowest BCUT2D eigenvalue weighted by Crippen LogP contribution is -2.44. The van der Waals surface area contributed by atoms with Gasteiger partial charge in [0.15, 0.2) is 0 Å². The molecule has 0 aliphatic carbocycles. The van der Waals surface area contributed by atoms with E-state index in [1.807, 2.05) is 31.2 Å². The normalized spacial score (nSPS) is 11.8. The number of amides is 1. The van der Waals surface area contributed by atoms with Crippen molar-refractivity contribution in [1.82, 2.24) is 5.32 Å². The summed E-state index contributed by atoms with van der Waals surface area (Å²) in [6, 6.07) is 10.8. The van der Waals surface area contributed by atoms with Crippen molar-refractivity contribution in [3.8, 4) is 0 Å². The van der Waals surface area contributed by atoms with Crippen LogP contribution in [0, 0.1) is 17.0 Å². The molecule has 0 bridgehead atoms. The van der Waals surface area contributed by atoms with Crippen molar-refractivity contribution in [3.63, 3.8) is 0 Å². The number of nitrogens with one attached hydrogen (secondary N) is 1. The third-order valence-electron chi connectivity index (χ3n) is 4.08. The number of rotatable bonds is 10. The average Bonchev–Trinajstić information content (AvgIpc) is 2.65. The number of nitrogens with zero attached hydrogens (tertiary/aromatic N) is 1. The first-order chi connectivity index (χ1) is 13.3. The second-order valence-corrected chi connectivity index (χ2v) is 7.26. The molecule has 2 rings (SSSR count). The van der Waals surface area contributed by atoms with E-state index in [9.17, 15) is 24.8 Å². The van der Waals surface area contributed by atoms with Gasteiger partial charge < -0.3 is 16.2 Å². The predicted octanol–water partition coefficient (Wildman–Crippen LogP) is 2.38. The first-order valence-electron chi connectivity index (χ1n) is 8.50. The second-order valence-electron chi connectivity index (χ2n) is 6.20. The summed E-state index contributed by atoms with van der Waals surface area (Å²) in [7, 11) is 0. The minimum Gasteiger partial charge on any atom is -0.478 e. The van der Waals surface area contributed by atoms with E-state index in [4.69, 9.17) is 5.73 Å². The summed E-state index contributed by atoms with van der Waals surface area (Å²) in [4.78, 5) is 33.6. The molecule has 0 aromatic heterocycles. The lowest BCUT2D eigenvalue weighted by atomic mass is 10.1. The number of aryl methyl sites for hydroxylation is 1. The lowest BCUT2D eigenvalue weighted by Gasteiger charge is -2.16. The fraction of sp³-hybridized carbons (Fsp3) is 0.263. The molecule has 148 valence electrons. The zero-order valence-corrected chi connectivity index (χ0v) is 16.1. The van der Waals surface area contributed by atoms with Crippen LogP contribution in [-0.4, -0.2) is 40.2 Å². The van der Waals surface area contributed by atoms with Crippen molar-refractivity contribution < 1.29 is 19.6 Å². The zero-order chi connectivity index (χ0) is 20.7. The number of aromatic carboxylic acids is 1. The molecule has 0 heterocycles. The molecular weight excluding hydrogens is 382 g/mol. The molecule has 2 aromatic carbocycles. The number of benzene rings is 2. The van der Waals surface area contributed by atoms with Gasteiger partial charge in [-0.15, -0.1) is 11.8 Å². The first-order valence-corrected chi connectivity index (χ1v) is 9.49. The third-order valence-corrected chi connectivity index (χ3v) is 5.23. The number of carbonyl (C=O) groups is 2. The second kappa shape index (κ2) is 9.86. The molecule has 9 heteroatoms. The van der Waals surface area contributed by atoms with Crippen LogP contribution in [-0.2, 0) is 11.2 Å². The number of nitro benzene ring substituents is 1. The SMILES string of the molecule is Cc1ccc(CCN[C@@H](CSc2cc([N+](=O)[O-])ccc2C(=O)O)C(N)=O)cc1. The van der Waals surface area contributed by atoms with Crippen LogP contribution in [0.5, 0.6) is 0 Å². The Hall–Kier alpha value is -2.91. The van der Waals surface area contributed by atoms with E-state index < -0.39 is 22.8 Å². The number of carboxylic acids is 1. The van der Waals surface area contributed by atoms with Gasteiger partial charge in [0.2, 0.25) is 5.91 Å². The van der Waals surface area contributed by atoms with Crippen molar-refractivity contribution >= 4 is 29.3 Å². The van der Waals surface area contributed by atoms with Gasteiger partial charge in [-0.2, -0.15) is 0 Å². The van der Waals surface area contributed by atoms with Crippen molar-refractivity contribution in [2.75, 3.05) is 12.3 Å². The molecule has 0 radical (unpaired) electrons. The van der Waals surface area contributed by atoms with E-state index in [1.54, 1.807) is 0 Å². The van der Waals surface area contributed by atoms with E-state index in [0.717, 1.165) is 29.0 Å². The maximum Gasteiger partial charge on any atom is 0.336 e. The maximum atomic E-state index is 11.7. The highest BCUT2D eigenvalue weighted by Gasteiger charge is 2.20. The summed E-state index contributed by atoms with van der Waals surface area (Å²) in [6.45, 7) is 2.51. The lowest BCUT2D eigenvalue weighted by molar-refractivity contribution is -0.385. The van der Waals surface area contributed by atoms with Gasteiger partial charge in [0, 0.05) is 22.8 Å². The summed E-state index contributed by atoms with van der Waals surface area (Å²) < 4.78 is 0. The Morgan fingerprint density at radius 2 is 1.93 bits per heavy atom. The van der Waals surface area contributed by atoms with Gasteiger partial charge in [-0.1, -0.05) is 29.8 Å². The zero-order valence-electron chi connectivity index (χ0n) is 15.3. The van der Waals surface area contributed by atoms with Crippen LogP contribution >= 0.6 is 11.8 Å². The number of hydrogen-bond donors (Lipinski definition) is 3. The third kappa shape index (κ3) is 6.07. The van der Waals surface area contributed by atoms with E-state index in [1.165, 1.54) is 12.1 Å². The number of carbonyl (C=O) groups excluding carboxylic acids is 1. The largest absolute Gasteiger partial charge is 0.478 e. The molecule has 0 fully saturated rings. The van der Waals surface area contributed by atoms with E-state index in [2.05, 4.69) is 5.32 Å². The van der Waals surface area contributed by atoms with Crippen LogP contribution in [0.4, 0.5) is 5.69 Å².